The van der Waals surface area contributed by atoms with Gasteiger partial charge in [0.25, 0.3) is 5.91 Å². The van der Waals surface area contributed by atoms with Gasteiger partial charge in [-0.25, -0.2) is 0 Å². The van der Waals surface area contributed by atoms with Gasteiger partial charge in [0, 0.05) is 24.3 Å². The molecule has 0 aliphatic carbocycles. The third-order valence-corrected chi connectivity index (χ3v) is 4.10. The highest BCUT2D eigenvalue weighted by molar-refractivity contribution is 6.02. The van der Waals surface area contributed by atoms with Crippen LogP contribution in [0.2, 0.25) is 0 Å². The Morgan fingerprint density at radius 1 is 1.21 bits per heavy atom. The molecule has 2 amide bonds. The number of hydrogen-bond donors (Lipinski definition) is 0. The average Bonchev–Trinajstić information content (AvgIpc) is 2.93. The number of hydrogen-bond acceptors (Lipinski definition) is 5. The lowest BCUT2D eigenvalue weighted by Crippen LogP contribution is -2.52. The highest BCUT2D eigenvalue weighted by atomic mass is 16.5. The van der Waals surface area contributed by atoms with Gasteiger partial charge in [-0.15, -0.1) is 0 Å². The van der Waals surface area contributed by atoms with Gasteiger partial charge < -0.3 is 14.3 Å². The van der Waals surface area contributed by atoms with E-state index in [-0.39, 0.29) is 18.4 Å². The van der Waals surface area contributed by atoms with Crippen LogP contribution < -0.4 is 4.90 Å². The molecule has 7 nitrogen and oxygen atoms in total. The van der Waals surface area contributed by atoms with Crippen LogP contribution in [-0.4, -0.2) is 47.8 Å². The van der Waals surface area contributed by atoms with Gasteiger partial charge in [0.05, 0.1) is 5.69 Å². The summed E-state index contributed by atoms with van der Waals surface area (Å²) in [6.07, 6.45) is 0.756. The van der Waals surface area contributed by atoms with Crippen molar-refractivity contribution in [2.45, 2.75) is 13.8 Å². The number of anilines is 1. The van der Waals surface area contributed by atoms with Crippen molar-refractivity contribution < 1.29 is 18.9 Å². The van der Waals surface area contributed by atoms with Crippen LogP contribution in [0.5, 0.6) is 0 Å². The van der Waals surface area contributed by atoms with Crippen molar-refractivity contribution in [3.63, 3.8) is 0 Å². The van der Waals surface area contributed by atoms with Gasteiger partial charge >= 0.3 is 0 Å². The topological polar surface area (TPSA) is 83.7 Å². The Morgan fingerprint density at radius 2 is 1.92 bits per heavy atom. The van der Waals surface area contributed by atoms with Gasteiger partial charge in [-0.3, -0.25) is 14.4 Å². The van der Waals surface area contributed by atoms with Crippen molar-refractivity contribution >= 4 is 23.8 Å². The molecule has 2 aromatic rings. The van der Waals surface area contributed by atoms with Crippen LogP contribution in [0.4, 0.5) is 5.69 Å². The maximum atomic E-state index is 12.6. The minimum atomic E-state index is -0.240. The van der Waals surface area contributed by atoms with Crippen LogP contribution in [-0.2, 0) is 4.79 Å². The number of carbonyl (C=O) groups excluding carboxylic acids is 3. The molecule has 0 saturated carbocycles. The molecule has 7 heteroatoms. The predicted octanol–water partition coefficient (Wildman–Crippen LogP) is 1.59. The minimum absolute atomic E-state index is 0.00166. The fourth-order valence-electron chi connectivity index (χ4n) is 2.80. The van der Waals surface area contributed by atoms with E-state index in [0.29, 0.717) is 35.7 Å². The Morgan fingerprint density at radius 3 is 2.46 bits per heavy atom. The number of carbonyl (C=O) groups is 3. The Hall–Kier alpha value is -2.96. The number of aldehydes is 1. The van der Waals surface area contributed by atoms with E-state index in [0.717, 1.165) is 12.0 Å². The van der Waals surface area contributed by atoms with Crippen LogP contribution in [0.1, 0.15) is 32.2 Å². The quantitative estimate of drug-likeness (QED) is 0.800. The minimum Gasteiger partial charge on any atom is -0.361 e. The van der Waals surface area contributed by atoms with E-state index in [9.17, 15) is 14.4 Å². The molecular weight excluding hydrogens is 310 g/mol. The summed E-state index contributed by atoms with van der Waals surface area (Å²) in [7, 11) is 0. The Balaban J connectivity index is 1.74. The SMILES string of the molecule is Cc1noc(C)c1C(=O)N1CCN(c2ccc(C=O)cc2)C(=O)C1. The maximum Gasteiger partial charge on any atom is 0.259 e. The van der Waals surface area contributed by atoms with Crippen molar-refractivity contribution in [2.24, 2.45) is 0 Å². The summed E-state index contributed by atoms with van der Waals surface area (Å²) in [6.45, 7) is 4.20. The fourth-order valence-corrected chi connectivity index (χ4v) is 2.80. The lowest BCUT2D eigenvalue weighted by atomic mass is 10.1. The first-order chi connectivity index (χ1) is 11.5. The molecule has 0 radical (unpaired) electrons. The molecule has 0 atom stereocenters. The first kappa shape index (κ1) is 15.9. The molecule has 0 unspecified atom stereocenters. The summed E-state index contributed by atoms with van der Waals surface area (Å²) >= 11 is 0. The van der Waals surface area contributed by atoms with Crippen molar-refractivity contribution in [3.8, 4) is 0 Å². The number of nitrogens with zero attached hydrogens (tertiary/aromatic N) is 3. The third kappa shape index (κ3) is 2.80. The molecule has 0 spiro atoms. The molecule has 24 heavy (non-hydrogen) atoms. The van der Waals surface area contributed by atoms with Gasteiger partial charge in [0.2, 0.25) is 5.91 Å². The third-order valence-electron chi connectivity index (χ3n) is 4.10. The number of aromatic nitrogens is 1. The summed E-state index contributed by atoms with van der Waals surface area (Å²) in [4.78, 5) is 38.8. The van der Waals surface area contributed by atoms with Crippen LogP contribution in [0.25, 0.3) is 0 Å². The van der Waals surface area contributed by atoms with Crippen LogP contribution in [0.15, 0.2) is 28.8 Å². The number of piperazine rings is 1. The van der Waals surface area contributed by atoms with E-state index in [2.05, 4.69) is 5.16 Å². The molecule has 1 saturated heterocycles. The zero-order chi connectivity index (χ0) is 17.3. The van der Waals surface area contributed by atoms with Gasteiger partial charge in [-0.05, 0) is 38.1 Å². The van der Waals surface area contributed by atoms with E-state index < -0.39 is 0 Å². The lowest BCUT2D eigenvalue weighted by molar-refractivity contribution is -0.120. The zero-order valence-electron chi connectivity index (χ0n) is 13.5. The highest BCUT2D eigenvalue weighted by Crippen LogP contribution is 2.20. The van der Waals surface area contributed by atoms with Crippen LogP contribution in [0, 0.1) is 13.8 Å². The monoisotopic (exact) mass is 327 g/mol. The average molecular weight is 327 g/mol. The standard InChI is InChI=1S/C17H17N3O4/c1-11-16(12(2)24-18-11)17(23)19-7-8-20(15(22)9-19)14-5-3-13(10-21)4-6-14/h3-6,10H,7-9H2,1-2H3. The summed E-state index contributed by atoms with van der Waals surface area (Å²) < 4.78 is 5.03. The lowest BCUT2D eigenvalue weighted by Gasteiger charge is -2.34. The molecule has 2 heterocycles. The largest absolute Gasteiger partial charge is 0.361 e. The van der Waals surface area contributed by atoms with Crippen molar-refractivity contribution in [3.05, 3.63) is 46.8 Å². The molecule has 0 N–H and O–H groups in total. The molecule has 1 aliphatic rings. The smallest absolute Gasteiger partial charge is 0.259 e. The summed E-state index contributed by atoms with van der Waals surface area (Å²) in [6, 6.07) is 6.79. The number of amides is 2. The first-order valence-corrected chi connectivity index (χ1v) is 7.59. The van der Waals surface area contributed by atoms with E-state index in [4.69, 9.17) is 4.52 Å². The van der Waals surface area contributed by atoms with Crippen LogP contribution in [0.3, 0.4) is 0 Å². The van der Waals surface area contributed by atoms with Crippen LogP contribution >= 0.6 is 0 Å². The van der Waals surface area contributed by atoms with E-state index >= 15 is 0 Å². The van der Waals surface area contributed by atoms with Gasteiger partial charge in [0.15, 0.2) is 0 Å². The predicted molar refractivity (Wildman–Crippen MR) is 86.1 cm³/mol. The number of benzene rings is 1. The summed E-state index contributed by atoms with van der Waals surface area (Å²) in [5, 5.41) is 3.78. The Kier molecular flexibility index (Phi) is 4.16. The van der Waals surface area contributed by atoms with Crippen molar-refractivity contribution in [1.29, 1.82) is 0 Å². The Bertz CT molecular complexity index is 775. The maximum absolute atomic E-state index is 12.6. The Labute approximate surface area is 138 Å². The second kappa shape index (κ2) is 6.27. The zero-order valence-corrected chi connectivity index (χ0v) is 13.5. The first-order valence-electron chi connectivity index (χ1n) is 7.59. The summed E-state index contributed by atoms with van der Waals surface area (Å²) in [5.41, 5.74) is 2.22. The molecule has 1 aromatic heterocycles. The summed E-state index contributed by atoms with van der Waals surface area (Å²) in [5.74, 6) is 0.0487. The second-order valence-electron chi connectivity index (χ2n) is 5.68. The second-order valence-corrected chi connectivity index (χ2v) is 5.68. The van der Waals surface area contributed by atoms with E-state index in [1.54, 1.807) is 43.0 Å². The van der Waals surface area contributed by atoms with Gasteiger partial charge in [-0.1, -0.05) is 5.16 Å². The highest BCUT2D eigenvalue weighted by Gasteiger charge is 2.31. The molecule has 0 bridgehead atoms. The molecule has 1 aromatic carbocycles. The fraction of sp³-hybridized carbons (Fsp3) is 0.294. The number of rotatable bonds is 3. The van der Waals surface area contributed by atoms with E-state index in [1.807, 2.05) is 0 Å². The molecule has 124 valence electrons. The normalized spacial score (nSPS) is 14.8. The molecule has 1 aliphatic heterocycles. The van der Waals surface area contributed by atoms with E-state index in [1.165, 1.54) is 4.90 Å². The number of aryl methyl sites for hydroxylation is 2. The molecule has 3 rings (SSSR count). The van der Waals surface area contributed by atoms with Gasteiger partial charge in [0.1, 0.15) is 24.2 Å². The molecule has 1 fully saturated rings. The van der Waals surface area contributed by atoms with Crippen molar-refractivity contribution in [1.82, 2.24) is 10.1 Å². The van der Waals surface area contributed by atoms with Crippen molar-refractivity contribution in [2.75, 3.05) is 24.5 Å². The van der Waals surface area contributed by atoms with Gasteiger partial charge in [-0.2, -0.15) is 0 Å². The molecular formula is C17H17N3O4.